The molecule has 0 unspecified atom stereocenters. The number of unbranched alkanes of at least 4 members (excludes halogenated alkanes) is 2. The van der Waals surface area contributed by atoms with Gasteiger partial charge in [0, 0.05) is 190 Å². The lowest BCUT2D eigenvalue weighted by Gasteiger charge is -2.33. The first kappa shape index (κ1) is 90.2. The Morgan fingerprint density at radius 1 is 0.449 bits per heavy atom. The van der Waals surface area contributed by atoms with Crippen LogP contribution in [0.1, 0.15) is 128 Å². The van der Waals surface area contributed by atoms with Crippen LogP contribution in [0.5, 0.6) is 0 Å². The van der Waals surface area contributed by atoms with E-state index in [-0.39, 0.29) is 85.8 Å². The molecule has 554 valence electrons. The van der Waals surface area contributed by atoms with Crippen LogP contribution in [0.2, 0.25) is 0 Å². The number of hydrogen-bond acceptors (Lipinski definition) is 24. The summed E-state index contributed by atoms with van der Waals surface area (Å²) >= 11 is 0. The molecule has 0 spiro atoms. The maximum atomic E-state index is 12.0. The van der Waals surface area contributed by atoms with Gasteiger partial charge in [-0.15, -0.1) is 36.4 Å². The Bertz CT molecular complexity index is 2400. The molecule has 32 heteroatoms. The van der Waals surface area contributed by atoms with Gasteiger partial charge >= 0.3 is 11.9 Å². The van der Waals surface area contributed by atoms with E-state index in [9.17, 15) is 62.3 Å². The number of amides is 11. The Labute approximate surface area is 574 Å². The lowest BCUT2D eigenvalue weighted by Crippen LogP contribution is -2.35. The maximum Gasteiger partial charge on any atom is 0.342 e. The number of ether oxygens (including phenoxy) is 8. The molecule has 98 heavy (non-hydrogen) atoms. The highest BCUT2D eigenvalue weighted by atomic mass is 16.7. The summed E-state index contributed by atoms with van der Waals surface area (Å²) in [6.45, 7) is 19.8. The maximum absolute atomic E-state index is 12.0. The van der Waals surface area contributed by atoms with Crippen molar-refractivity contribution in [3.63, 3.8) is 0 Å². The van der Waals surface area contributed by atoms with Crippen molar-refractivity contribution in [2.45, 2.75) is 128 Å². The minimum atomic E-state index is -1.01. The average Bonchev–Trinajstić information content (AvgIpc) is 1.18. The van der Waals surface area contributed by atoms with E-state index in [1.54, 1.807) is 34.7 Å². The molecule has 0 saturated carbocycles. The number of carbonyl (C=O) groups excluding carboxylic acids is 13. The molecule has 4 heterocycles. The number of rotatable bonds is 52. The van der Waals surface area contributed by atoms with Crippen molar-refractivity contribution >= 4 is 83.1 Å². The van der Waals surface area contributed by atoms with Gasteiger partial charge in [0.05, 0.1) is 26.4 Å². The quantitative estimate of drug-likeness (QED) is 0.0258. The predicted octanol–water partition coefficient (Wildman–Crippen LogP) is 2.10. The molecule has 4 aliphatic rings. The minimum absolute atomic E-state index is 0. The number of imide groups is 4. The molecule has 0 aliphatic carbocycles. The number of methoxy groups -OCH3 is 4. The van der Waals surface area contributed by atoms with Crippen molar-refractivity contribution < 1.29 is 115 Å². The highest BCUT2D eigenvalue weighted by Gasteiger charge is 2.36. The van der Waals surface area contributed by atoms with E-state index >= 15 is 0 Å². The predicted molar refractivity (Wildman–Crippen MR) is 354 cm³/mol. The molecule has 0 aromatic carbocycles. The van der Waals surface area contributed by atoms with E-state index in [4.69, 9.17) is 42.7 Å². The first-order valence-corrected chi connectivity index (χ1v) is 32.6. The molecule has 2 saturated heterocycles. The van der Waals surface area contributed by atoms with E-state index < -0.39 is 72.0 Å². The zero-order valence-electron chi connectivity index (χ0n) is 57.7. The second-order valence-corrected chi connectivity index (χ2v) is 22.4. The first-order chi connectivity index (χ1) is 46.8. The summed E-state index contributed by atoms with van der Waals surface area (Å²) < 4.78 is 45.0. The Balaban J connectivity index is 0.00000182. The summed E-state index contributed by atoms with van der Waals surface area (Å²) in [7, 11) is 6.64. The minimum Gasteiger partial charge on any atom is -0.412 e. The average molecular weight is 1400 g/mol. The van der Waals surface area contributed by atoms with Crippen LogP contribution in [0, 0.1) is 10.8 Å². The van der Waals surface area contributed by atoms with Gasteiger partial charge in [0.2, 0.25) is 17.7 Å². The molecule has 0 bridgehead atoms. The van der Waals surface area contributed by atoms with Crippen molar-refractivity contribution in [2.24, 2.45) is 15.8 Å². The molecule has 0 aromatic heterocycles. The standard InChI is InChI=1S/C31H48N4O14.C31H48N4O9.2C2H4.H2O/c1-44-17-11-31(12-18-45-2,10-5-16-46-19-14-33-24(37)21-30(43)49-35-27(40)8-9-28(35)41)22-47-15-4-3-13-32-23(36)20-29(42)48-34-25(38)6-7-26(34)39;1-41-22-13-31(14-23-42-2,25-44-20-4-3-15-32-16-6-18-34-27(37)7-8-28(34)38)12-5-21-43-24-17-33-26(36)11-19-35-29(39)9-10-30(35)40;2*1-2;/h3-22H2,1-2H3,(H,32,36)(H,33,37);7-10,16H,3-6,11-15,17-25H2,1-2H3,(H,33,36);2*1-2H2;1H2. The highest BCUT2D eigenvalue weighted by Crippen LogP contribution is 2.35. The monoisotopic (exact) mass is 1390 g/mol. The van der Waals surface area contributed by atoms with Gasteiger partial charge in [-0.1, -0.05) is 0 Å². The van der Waals surface area contributed by atoms with E-state index in [0.29, 0.717) is 135 Å². The van der Waals surface area contributed by atoms with Crippen LogP contribution in [-0.4, -0.2) is 256 Å². The van der Waals surface area contributed by atoms with Crippen LogP contribution in [0.4, 0.5) is 0 Å². The second-order valence-electron chi connectivity index (χ2n) is 22.4. The smallest absolute Gasteiger partial charge is 0.342 e. The Morgan fingerprint density at radius 2 is 0.806 bits per heavy atom. The normalized spacial score (nSPS) is 14.3. The third kappa shape index (κ3) is 38.4. The van der Waals surface area contributed by atoms with Crippen LogP contribution in [-0.2, 0) is 110 Å². The van der Waals surface area contributed by atoms with Crippen molar-refractivity contribution in [3.8, 4) is 0 Å². The van der Waals surface area contributed by atoms with Crippen molar-refractivity contribution in [1.29, 1.82) is 0 Å². The zero-order chi connectivity index (χ0) is 72.1. The SMILES string of the molecule is C=C.C=C.COCCC(CCCOCCNC(=O)CC(=O)ON1C(=O)CCC1=O)(CCOC)COCCCCNC(=O)CC(=O)ON1C(=O)CCC1=O.COCCC(CCCOCCNC(=O)CCN1C(=O)C=CC1=O)(CCOC)COCCCCN=CCCN1C(=O)C=CC1=O.O. The fourth-order valence-corrected chi connectivity index (χ4v) is 9.77. The molecule has 5 N–H and O–H groups in total. The molecule has 0 atom stereocenters. The Hall–Kier alpha value is -7.82. The van der Waals surface area contributed by atoms with Gasteiger partial charge in [0.1, 0.15) is 12.8 Å². The molecule has 11 amide bonds. The van der Waals surface area contributed by atoms with E-state index in [0.717, 1.165) is 62.7 Å². The number of carbonyl (C=O) groups is 13. The van der Waals surface area contributed by atoms with Gasteiger partial charge in [-0.2, -0.15) is 0 Å². The van der Waals surface area contributed by atoms with Crippen LogP contribution in [0.25, 0.3) is 0 Å². The van der Waals surface area contributed by atoms with Crippen LogP contribution in [0.3, 0.4) is 0 Å². The van der Waals surface area contributed by atoms with Crippen LogP contribution >= 0.6 is 0 Å². The van der Waals surface area contributed by atoms with Gasteiger partial charge in [-0.3, -0.25) is 67.5 Å². The molecule has 0 aromatic rings. The lowest BCUT2D eigenvalue weighted by atomic mass is 9.78. The van der Waals surface area contributed by atoms with Crippen molar-refractivity contribution in [1.82, 2.24) is 35.9 Å². The summed E-state index contributed by atoms with van der Waals surface area (Å²) in [5.74, 6) is -7.25. The fourth-order valence-electron chi connectivity index (χ4n) is 9.77. The third-order valence-electron chi connectivity index (χ3n) is 15.1. The van der Waals surface area contributed by atoms with E-state index in [2.05, 4.69) is 52.1 Å². The molecular formula is C66H106N8O24. The highest BCUT2D eigenvalue weighted by molar-refractivity contribution is 6.13. The lowest BCUT2D eigenvalue weighted by molar-refractivity contribution is -0.197. The fraction of sp³-hybridized carbons (Fsp3) is 0.667. The zero-order valence-corrected chi connectivity index (χ0v) is 57.7. The number of aliphatic imine (C=N–C) groups is 1. The summed E-state index contributed by atoms with van der Waals surface area (Å²) in [5, 5.41) is 8.68. The van der Waals surface area contributed by atoms with Gasteiger partial charge in [-0.05, 0) is 87.9 Å². The number of hydroxylamine groups is 4. The number of nitrogens with one attached hydrogen (secondary N) is 3. The van der Waals surface area contributed by atoms with Gasteiger partial charge < -0.3 is 69.0 Å². The number of hydrogen-bond donors (Lipinski definition) is 3. The summed E-state index contributed by atoms with van der Waals surface area (Å²) in [6, 6.07) is 0. The molecule has 2 fully saturated rings. The second kappa shape index (κ2) is 55.1. The molecule has 0 radical (unpaired) electrons. The van der Waals surface area contributed by atoms with Gasteiger partial charge in [0.15, 0.2) is 0 Å². The van der Waals surface area contributed by atoms with Crippen LogP contribution in [0.15, 0.2) is 55.6 Å². The largest absolute Gasteiger partial charge is 0.412 e. The van der Waals surface area contributed by atoms with Gasteiger partial charge in [0.25, 0.3) is 47.3 Å². The molecule has 4 aliphatic heterocycles. The molecular weight excluding hydrogens is 1290 g/mol. The Kier molecular flexibility index (Phi) is 50.7. The van der Waals surface area contributed by atoms with Crippen LogP contribution < -0.4 is 16.0 Å². The third-order valence-corrected chi connectivity index (χ3v) is 15.1. The van der Waals surface area contributed by atoms with E-state index in [1.807, 2.05) is 0 Å². The molecule has 4 rings (SSSR count). The van der Waals surface area contributed by atoms with Crippen molar-refractivity contribution in [2.75, 3.05) is 147 Å². The van der Waals surface area contributed by atoms with Gasteiger partial charge in [-0.25, -0.2) is 9.59 Å². The summed E-state index contributed by atoms with van der Waals surface area (Å²) in [6.07, 6.45) is 15.2. The van der Waals surface area contributed by atoms with E-state index in [1.165, 1.54) is 29.2 Å². The molecule has 32 nitrogen and oxygen atoms in total. The topological polar surface area (TPSA) is 407 Å². The first-order valence-electron chi connectivity index (χ1n) is 32.6. The number of nitrogens with zero attached hydrogens (tertiary/aromatic N) is 5. The Morgan fingerprint density at radius 3 is 1.20 bits per heavy atom. The summed E-state index contributed by atoms with van der Waals surface area (Å²) in [5.41, 5.74) is -0.352. The summed E-state index contributed by atoms with van der Waals surface area (Å²) in [4.78, 5) is 168. The van der Waals surface area contributed by atoms with Crippen molar-refractivity contribution in [3.05, 3.63) is 50.6 Å².